The Labute approximate surface area is 163 Å². The van der Waals surface area contributed by atoms with Crippen LogP contribution in [-0.4, -0.2) is 39.1 Å². The number of likely N-dealkylation sites (tertiary alicyclic amines) is 1. The van der Waals surface area contributed by atoms with E-state index in [1.165, 1.54) is 5.56 Å². The smallest absolute Gasteiger partial charge is 0.321 e. The molecule has 1 aliphatic rings. The zero-order chi connectivity index (χ0) is 19.7. The van der Waals surface area contributed by atoms with E-state index < -0.39 is 0 Å². The number of carbonyl (C=O) groups excluding carboxylic acids is 1. The normalized spacial score (nSPS) is 14.6. The SMILES string of the molecule is CC(C)(C)c1ccc(NC(=O)N2CC(c3nc(-c4ccncc4)no3)C2)cc1. The summed E-state index contributed by atoms with van der Waals surface area (Å²) in [6.07, 6.45) is 3.38. The van der Waals surface area contributed by atoms with Gasteiger partial charge in [0.2, 0.25) is 11.7 Å². The number of urea groups is 1. The second kappa shape index (κ2) is 7.07. The van der Waals surface area contributed by atoms with Gasteiger partial charge in [-0.2, -0.15) is 4.98 Å². The maximum atomic E-state index is 12.4. The topological polar surface area (TPSA) is 84.2 Å². The zero-order valence-electron chi connectivity index (χ0n) is 16.2. The van der Waals surface area contributed by atoms with Crippen molar-refractivity contribution in [2.45, 2.75) is 32.1 Å². The first-order valence-electron chi connectivity index (χ1n) is 9.30. The van der Waals surface area contributed by atoms with Crippen LogP contribution in [0.3, 0.4) is 0 Å². The van der Waals surface area contributed by atoms with Crippen LogP contribution in [0.2, 0.25) is 0 Å². The summed E-state index contributed by atoms with van der Waals surface area (Å²) in [5, 5.41) is 6.96. The molecule has 0 atom stereocenters. The Kier molecular flexibility index (Phi) is 4.58. The first kappa shape index (κ1) is 18.2. The summed E-state index contributed by atoms with van der Waals surface area (Å²) in [6.45, 7) is 7.61. The number of anilines is 1. The number of benzene rings is 1. The number of nitrogens with zero attached hydrogens (tertiary/aromatic N) is 4. The van der Waals surface area contributed by atoms with Gasteiger partial charge in [-0.1, -0.05) is 38.1 Å². The van der Waals surface area contributed by atoms with Crippen molar-refractivity contribution in [1.82, 2.24) is 20.0 Å². The number of amides is 2. The van der Waals surface area contributed by atoms with Crippen LogP contribution in [0, 0.1) is 0 Å². The molecule has 3 aromatic rings. The highest BCUT2D eigenvalue weighted by Gasteiger charge is 2.35. The van der Waals surface area contributed by atoms with Gasteiger partial charge in [-0.15, -0.1) is 0 Å². The Morgan fingerprint density at radius 2 is 1.79 bits per heavy atom. The Morgan fingerprint density at radius 3 is 2.43 bits per heavy atom. The highest BCUT2D eigenvalue weighted by Crippen LogP contribution is 2.28. The number of rotatable bonds is 3. The second-order valence-electron chi connectivity index (χ2n) is 8.05. The molecule has 28 heavy (non-hydrogen) atoms. The lowest BCUT2D eigenvalue weighted by atomic mass is 9.87. The van der Waals surface area contributed by atoms with Crippen LogP contribution in [0.4, 0.5) is 10.5 Å². The summed E-state index contributed by atoms with van der Waals surface area (Å²) in [5.74, 6) is 1.17. The molecule has 7 heteroatoms. The molecule has 0 aliphatic carbocycles. The van der Waals surface area contributed by atoms with Crippen LogP contribution in [-0.2, 0) is 5.41 Å². The van der Waals surface area contributed by atoms with Crippen LogP contribution in [0.5, 0.6) is 0 Å². The second-order valence-corrected chi connectivity index (χ2v) is 8.05. The molecular formula is C21H23N5O2. The molecule has 2 aromatic heterocycles. The van der Waals surface area contributed by atoms with Gasteiger partial charge in [-0.05, 0) is 35.2 Å². The largest absolute Gasteiger partial charge is 0.339 e. The van der Waals surface area contributed by atoms with Crippen LogP contribution >= 0.6 is 0 Å². The minimum atomic E-state index is -0.117. The highest BCUT2D eigenvalue weighted by molar-refractivity contribution is 5.90. The summed E-state index contributed by atoms with van der Waals surface area (Å²) >= 11 is 0. The van der Waals surface area contributed by atoms with E-state index in [0.29, 0.717) is 24.8 Å². The minimum Gasteiger partial charge on any atom is -0.339 e. The van der Waals surface area contributed by atoms with Gasteiger partial charge in [-0.25, -0.2) is 4.79 Å². The minimum absolute atomic E-state index is 0.0668. The third-order valence-electron chi connectivity index (χ3n) is 4.90. The maximum absolute atomic E-state index is 12.4. The van der Waals surface area contributed by atoms with E-state index in [9.17, 15) is 4.79 Å². The Bertz CT molecular complexity index is 954. The maximum Gasteiger partial charge on any atom is 0.321 e. The van der Waals surface area contributed by atoms with Crippen LogP contribution in [0.15, 0.2) is 53.3 Å². The Hall–Kier alpha value is -3.22. The fourth-order valence-electron chi connectivity index (χ4n) is 3.08. The van der Waals surface area contributed by atoms with E-state index in [-0.39, 0.29) is 17.4 Å². The molecule has 1 fully saturated rings. The summed E-state index contributed by atoms with van der Waals surface area (Å²) in [4.78, 5) is 22.6. The molecule has 2 amide bonds. The third-order valence-corrected chi connectivity index (χ3v) is 4.90. The van der Waals surface area contributed by atoms with E-state index in [2.05, 4.69) is 41.2 Å². The Balaban J connectivity index is 1.33. The van der Waals surface area contributed by atoms with Crippen LogP contribution in [0.25, 0.3) is 11.4 Å². The van der Waals surface area contributed by atoms with Crippen molar-refractivity contribution in [1.29, 1.82) is 0 Å². The zero-order valence-corrected chi connectivity index (χ0v) is 16.2. The lowest BCUT2D eigenvalue weighted by Crippen LogP contribution is -2.50. The van der Waals surface area contributed by atoms with Crippen molar-refractivity contribution >= 4 is 11.7 Å². The number of hydrogen-bond acceptors (Lipinski definition) is 5. The number of nitrogens with one attached hydrogen (secondary N) is 1. The molecule has 0 unspecified atom stereocenters. The molecule has 1 N–H and O–H groups in total. The van der Waals surface area contributed by atoms with E-state index in [1.54, 1.807) is 17.3 Å². The average molecular weight is 377 g/mol. The van der Waals surface area contributed by atoms with Gasteiger partial charge in [0.1, 0.15) is 0 Å². The number of pyridine rings is 1. The standard InChI is InChI=1S/C21H23N5O2/c1-21(2,3)16-4-6-17(7-5-16)23-20(27)26-12-15(13-26)19-24-18(25-28-19)14-8-10-22-11-9-14/h4-11,15H,12-13H2,1-3H3,(H,23,27). The number of hydrogen-bond donors (Lipinski definition) is 1. The van der Waals surface area contributed by atoms with Crippen molar-refractivity contribution in [3.05, 3.63) is 60.2 Å². The molecule has 0 bridgehead atoms. The van der Waals surface area contributed by atoms with E-state index in [1.807, 2.05) is 36.4 Å². The van der Waals surface area contributed by atoms with Gasteiger partial charge in [0.05, 0.1) is 5.92 Å². The Morgan fingerprint density at radius 1 is 1.11 bits per heavy atom. The molecule has 0 saturated carbocycles. The van der Waals surface area contributed by atoms with Crippen molar-refractivity contribution in [2.24, 2.45) is 0 Å². The predicted molar refractivity (Wildman–Crippen MR) is 106 cm³/mol. The molecule has 0 spiro atoms. The monoisotopic (exact) mass is 377 g/mol. The third kappa shape index (κ3) is 3.74. The summed E-state index contributed by atoms with van der Waals surface area (Å²) in [6, 6.07) is 11.5. The molecule has 7 nitrogen and oxygen atoms in total. The lowest BCUT2D eigenvalue weighted by Gasteiger charge is -2.36. The van der Waals surface area contributed by atoms with Gasteiger partial charge in [-0.3, -0.25) is 4.98 Å². The van der Waals surface area contributed by atoms with Crippen LogP contribution < -0.4 is 5.32 Å². The predicted octanol–water partition coefficient (Wildman–Crippen LogP) is 4.06. The summed E-state index contributed by atoms with van der Waals surface area (Å²) in [5.41, 5.74) is 2.97. The highest BCUT2D eigenvalue weighted by atomic mass is 16.5. The fraction of sp³-hybridized carbons (Fsp3) is 0.333. The van der Waals surface area contributed by atoms with Gasteiger partial charge in [0.25, 0.3) is 0 Å². The van der Waals surface area contributed by atoms with Gasteiger partial charge in [0.15, 0.2) is 0 Å². The molecule has 1 saturated heterocycles. The van der Waals surface area contributed by atoms with E-state index >= 15 is 0 Å². The van der Waals surface area contributed by atoms with Crippen molar-refractivity contribution in [3.8, 4) is 11.4 Å². The number of aromatic nitrogens is 3. The van der Waals surface area contributed by atoms with Gasteiger partial charge < -0.3 is 14.7 Å². The molecule has 144 valence electrons. The van der Waals surface area contributed by atoms with Crippen molar-refractivity contribution in [2.75, 3.05) is 18.4 Å². The molecule has 1 aromatic carbocycles. The first-order valence-corrected chi connectivity index (χ1v) is 9.30. The molecular weight excluding hydrogens is 354 g/mol. The average Bonchev–Trinajstić information content (AvgIpc) is 3.10. The van der Waals surface area contributed by atoms with E-state index in [4.69, 9.17) is 4.52 Å². The van der Waals surface area contributed by atoms with Gasteiger partial charge >= 0.3 is 6.03 Å². The summed E-state index contributed by atoms with van der Waals surface area (Å²) < 4.78 is 5.37. The fourth-order valence-corrected chi connectivity index (χ4v) is 3.08. The quantitative estimate of drug-likeness (QED) is 0.744. The van der Waals surface area contributed by atoms with Gasteiger partial charge in [0, 0.05) is 36.7 Å². The number of carbonyl (C=O) groups is 1. The summed E-state index contributed by atoms with van der Waals surface area (Å²) in [7, 11) is 0. The molecule has 3 heterocycles. The van der Waals surface area contributed by atoms with Crippen molar-refractivity contribution in [3.63, 3.8) is 0 Å². The molecule has 4 rings (SSSR count). The molecule has 1 aliphatic heterocycles. The first-order chi connectivity index (χ1) is 13.4. The van der Waals surface area contributed by atoms with Crippen molar-refractivity contribution < 1.29 is 9.32 Å². The molecule has 0 radical (unpaired) electrons. The van der Waals surface area contributed by atoms with Crippen LogP contribution in [0.1, 0.15) is 38.1 Å². The lowest BCUT2D eigenvalue weighted by molar-refractivity contribution is 0.147. The van der Waals surface area contributed by atoms with E-state index in [0.717, 1.165) is 11.3 Å².